The zero-order valence-electron chi connectivity index (χ0n) is 17.9. The standard InChI is InChI=1S/C23H28FN3O4/c1-16-21(9-10-25(16)2)23(29)26-11-7-18(8-12-26)27-13-20(31-15-22(27)28)14-30-19-5-3-17(24)4-6-19/h3-6,9-10,18,20H,7-8,11-15H2,1-2H3. The van der Waals surface area contributed by atoms with Crippen LogP contribution in [0, 0.1) is 12.7 Å². The number of likely N-dealkylation sites (tertiary alicyclic amines) is 1. The first kappa shape index (κ1) is 21.4. The Bertz CT molecular complexity index is 935. The van der Waals surface area contributed by atoms with E-state index in [-0.39, 0.29) is 36.4 Å². The van der Waals surface area contributed by atoms with Crippen LogP contribution in [0.25, 0.3) is 0 Å². The first-order chi connectivity index (χ1) is 14.9. The summed E-state index contributed by atoms with van der Waals surface area (Å²) < 4.78 is 26.3. The average molecular weight is 429 g/mol. The molecule has 0 bridgehead atoms. The number of ether oxygens (including phenoxy) is 2. The van der Waals surface area contributed by atoms with E-state index in [1.54, 1.807) is 12.1 Å². The maximum atomic E-state index is 13.0. The van der Waals surface area contributed by atoms with Crippen LogP contribution in [-0.4, -0.2) is 71.2 Å². The van der Waals surface area contributed by atoms with Gasteiger partial charge in [-0.2, -0.15) is 0 Å². The van der Waals surface area contributed by atoms with Gasteiger partial charge in [-0.05, 0) is 50.1 Å². The van der Waals surface area contributed by atoms with Gasteiger partial charge in [0.15, 0.2) is 0 Å². The van der Waals surface area contributed by atoms with E-state index in [4.69, 9.17) is 9.47 Å². The Morgan fingerprint density at radius 3 is 2.55 bits per heavy atom. The van der Waals surface area contributed by atoms with Crippen molar-refractivity contribution in [2.75, 3.05) is 32.8 Å². The smallest absolute Gasteiger partial charge is 0.255 e. The first-order valence-electron chi connectivity index (χ1n) is 10.6. The van der Waals surface area contributed by atoms with Gasteiger partial charge in [0.25, 0.3) is 5.91 Å². The SMILES string of the molecule is Cc1c(C(=O)N2CCC(N3CC(COc4ccc(F)cc4)OCC3=O)CC2)ccn1C. The second-order valence-electron chi connectivity index (χ2n) is 8.19. The molecular weight excluding hydrogens is 401 g/mol. The van der Waals surface area contributed by atoms with Gasteiger partial charge in [0.2, 0.25) is 5.91 Å². The lowest BCUT2D eigenvalue weighted by molar-refractivity contribution is -0.155. The minimum Gasteiger partial charge on any atom is -0.491 e. The van der Waals surface area contributed by atoms with Gasteiger partial charge in [0.1, 0.15) is 30.9 Å². The van der Waals surface area contributed by atoms with E-state index in [1.807, 2.05) is 40.6 Å². The predicted molar refractivity (Wildman–Crippen MR) is 112 cm³/mol. The molecule has 2 aliphatic heterocycles. The molecule has 2 aliphatic rings. The van der Waals surface area contributed by atoms with E-state index >= 15 is 0 Å². The van der Waals surface area contributed by atoms with Gasteiger partial charge in [0.05, 0.1) is 12.1 Å². The molecule has 1 aromatic heterocycles. The number of aryl methyl sites for hydroxylation is 1. The fourth-order valence-electron chi connectivity index (χ4n) is 4.21. The van der Waals surface area contributed by atoms with E-state index < -0.39 is 0 Å². The Labute approximate surface area is 181 Å². The molecule has 1 aromatic carbocycles. The molecule has 0 aliphatic carbocycles. The molecular formula is C23H28FN3O4. The lowest BCUT2D eigenvalue weighted by atomic mass is 10.0. The quantitative estimate of drug-likeness (QED) is 0.732. The van der Waals surface area contributed by atoms with Crippen molar-refractivity contribution in [3.8, 4) is 5.75 Å². The van der Waals surface area contributed by atoms with Crippen LogP contribution in [0.2, 0.25) is 0 Å². The summed E-state index contributed by atoms with van der Waals surface area (Å²) in [6, 6.07) is 7.79. The minimum absolute atomic E-state index is 0.0262. The van der Waals surface area contributed by atoms with E-state index in [9.17, 15) is 14.0 Å². The van der Waals surface area contributed by atoms with Crippen molar-refractivity contribution in [2.24, 2.45) is 7.05 Å². The zero-order valence-corrected chi connectivity index (χ0v) is 17.9. The highest BCUT2D eigenvalue weighted by atomic mass is 19.1. The Morgan fingerprint density at radius 2 is 1.90 bits per heavy atom. The van der Waals surface area contributed by atoms with E-state index in [2.05, 4.69) is 0 Å². The van der Waals surface area contributed by atoms with Gasteiger partial charge in [0, 0.05) is 38.1 Å². The molecule has 2 amide bonds. The second-order valence-corrected chi connectivity index (χ2v) is 8.19. The van der Waals surface area contributed by atoms with Crippen molar-refractivity contribution in [3.63, 3.8) is 0 Å². The Morgan fingerprint density at radius 1 is 1.19 bits per heavy atom. The Kier molecular flexibility index (Phi) is 6.27. The third-order valence-corrected chi connectivity index (χ3v) is 6.22. The molecule has 4 rings (SSSR count). The van der Waals surface area contributed by atoms with Crippen LogP contribution in [-0.2, 0) is 16.6 Å². The highest BCUT2D eigenvalue weighted by molar-refractivity contribution is 5.95. The van der Waals surface area contributed by atoms with Crippen molar-refractivity contribution >= 4 is 11.8 Å². The average Bonchev–Trinajstić information content (AvgIpc) is 3.12. The minimum atomic E-state index is -0.315. The van der Waals surface area contributed by atoms with Crippen molar-refractivity contribution in [1.82, 2.24) is 14.4 Å². The number of rotatable bonds is 5. The normalized spacial score (nSPS) is 20.2. The number of aromatic nitrogens is 1. The summed E-state index contributed by atoms with van der Waals surface area (Å²) >= 11 is 0. The summed E-state index contributed by atoms with van der Waals surface area (Å²) in [4.78, 5) is 29.1. The Balaban J connectivity index is 1.30. The summed E-state index contributed by atoms with van der Waals surface area (Å²) in [5.41, 5.74) is 1.70. The maximum Gasteiger partial charge on any atom is 0.255 e. The van der Waals surface area contributed by atoms with Crippen LogP contribution in [0.3, 0.4) is 0 Å². The van der Waals surface area contributed by atoms with Crippen LogP contribution >= 0.6 is 0 Å². The largest absolute Gasteiger partial charge is 0.491 e. The Hall–Kier alpha value is -2.87. The van der Waals surface area contributed by atoms with Crippen LogP contribution in [0.15, 0.2) is 36.5 Å². The predicted octanol–water partition coefficient (Wildman–Crippen LogP) is 2.38. The van der Waals surface area contributed by atoms with Gasteiger partial charge in [-0.25, -0.2) is 4.39 Å². The van der Waals surface area contributed by atoms with E-state index in [1.165, 1.54) is 12.1 Å². The number of morpholine rings is 1. The first-order valence-corrected chi connectivity index (χ1v) is 10.6. The molecule has 31 heavy (non-hydrogen) atoms. The van der Waals surface area contributed by atoms with E-state index in [0.717, 1.165) is 24.1 Å². The lowest BCUT2D eigenvalue weighted by Gasteiger charge is -2.42. The zero-order chi connectivity index (χ0) is 22.0. The number of benzene rings is 1. The van der Waals surface area contributed by atoms with Crippen LogP contribution < -0.4 is 4.74 Å². The summed E-state index contributed by atoms with van der Waals surface area (Å²) in [5.74, 6) is 0.277. The van der Waals surface area contributed by atoms with Gasteiger partial charge in [-0.15, -0.1) is 0 Å². The number of hydrogen-bond donors (Lipinski definition) is 0. The molecule has 0 N–H and O–H groups in total. The third kappa shape index (κ3) is 4.74. The molecule has 0 radical (unpaired) electrons. The number of carbonyl (C=O) groups excluding carboxylic acids is 2. The van der Waals surface area contributed by atoms with Crippen molar-refractivity contribution in [2.45, 2.75) is 31.9 Å². The van der Waals surface area contributed by atoms with Crippen LogP contribution in [0.4, 0.5) is 4.39 Å². The second kappa shape index (κ2) is 9.09. The lowest BCUT2D eigenvalue weighted by Crippen LogP contribution is -2.55. The van der Waals surface area contributed by atoms with Gasteiger partial charge >= 0.3 is 0 Å². The van der Waals surface area contributed by atoms with Crippen molar-refractivity contribution in [3.05, 3.63) is 53.6 Å². The molecule has 0 spiro atoms. The van der Waals surface area contributed by atoms with Gasteiger partial charge in [-0.1, -0.05) is 0 Å². The fraction of sp³-hybridized carbons (Fsp3) is 0.478. The van der Waals surface area contributed by atoms with Crippen LogP contribution in [0.1, 0.15) is 28.9 Å². The molecule has 0 saturated carbocycles. The van der Waals surface area contributed by atoms with Gasteiger partial charge in [-0.3, -0.25) is 9.59 Å². The highest BCUT2D eigenvalue weighted by Crippen LogP contribution is 2.23. The van der Waals surface area contributed by atoms with E-state index in [0.29, 0.717) is 32.0 Å². The maximum absolute atomic E-state index is 13.0. The molecule has 2 fully saturated rings. The van der Waals surface area contributed by atoms with Crippen molar-refractivity contribution < 1.29 is 23.5 Å². The summed E-state index contributed by atoms with van der Waals surface area (Å²) in [7, 11) is 1.93. The number of carbonyl (C=O) groups is 2. The number of piperidine rings is 1. The third-order valence-electron chi connectivity index (χ3n) is 6.22. The van der Waals surface area contributed by atoms with Gasteiger partial charge < -0.3 is 23.8 Å². The molecule has 8 heteroatoms. The topological polar surface area (TPSA) is 64.0 Å². The summed E-state index contributed by atoms with van der Waals surface area (Å²) in [6.07, 6.45) is 3.15. The molecule has 166 valence electrons. The highest BCUT2D eigenvalue weighted by Gasteiger charge is 2.35. The summed E-state index contributed by atoms with van der Waals surface area (Å²) in [6.45, 7) is 3.97. The fourth-order valence-corrected chi connectivity index (χ4v) is 4.21. The number of nitrogens with zero attached hydrogens (tertiary/aromatic N) is 3. The molecule has 2 aromatic rings. The molecule has 1 atom stereocenters. The number of hydrogen-bond acceptors (Lipinski definition) is 4. The summed E-state index contributed by atoms with van der Waals surface area (Å²) in [5, 5.41) is 0. The molecule has 1 unspecified atom stereocenters. The molecule has 7 nitrogen and oxygen atoms in total. The molecule has 3 heterocycles. The monoisotopic (exact) mass is 429 g/mol. The number of halogens is 1. The molecule has 2 saturated heterocycles. The number of amides is 2. The van der Waals surface area contributed by atoms with Crippen molar-refractivity contribution in [1.29, 1.82) is 0 Å². The van der Waals surface area contributed by atoms with Crippen LogP contribution in [0.5, 0.6) is 5.75 Å².